The minimum absolute atomic E-state index is 0.132. The zero-order valence-electron chi connectivity index (χ0n) is 12.6. The number of hydrogen-bond acceptors (Lipinski definition) is 2. The van der Waals surface area contributed by atoms with Gasteiger partial charge in [-0.1, -0.05) is 19.8 Å². The summed E-state index contributed by atoms with van der Waals surface area (Å²) in [5, 5.41) is 9.00. The van der Waals surface area contributed by atoms with Gasteiger partial charge in [-0.3, -0.25) is 0 Å². The Labute approximate surface area is 130 Å². The quantitative estimate of drug-likeness (QED) is 0.765. The maximum atomic E-state index is 9.13. The van der Waals surface area contributed by atoms with Gasteiger partial charge in [-0.05, 0) is 43.4 Å². The highest BCUT2D eigenvalue weighted by Crippen LogP contribution is 2.40. The summed E-state index contributed by atoms with van der Waals surface area (Å²) in [6.45, 7) is 5.24. The third kappa shape index (κ3) is 2.65. The molecule has 1 aromatic heterocycles. The van der Waals surface area contributed by atoms with Crippen molar-refractivity contribution in [3.63, 3.8) is 0 Å². The normalized spacial score (nSPS) is 18.8. The average molecular weight is 302 g/mol. The van der Waals surface area contributed by atoms with E-state index in [2.05, 4.69) is 22.5 Å². The Kier molecular flexibility index (Phi) is 3.67. The van der Waals surface area contributed by atoms with Gasteiger partial charge in [0.05, 0.1) is 28.0 Å². The number of imidazole rings is 1. The van der Waals surface area contributed by atoms with Crippen LogP contribution in [-0.4, -0.2) is 9.55 Å². The third-order valence-electron chi connectivity index (χ3n) is 4.61. The van der Waals surface area contributed by atoms with E-state index in [1.807, 2.05) is 25.1 Å². The number of aromatic nitrogens is 2. The van der Waals surface area contributed by atoms with Crippen molar-refractivity contribution in [3.05, 3.63) is 29.6 Å². The molecule has 1 unspecified atom stereocenters. The van der Waals surface area contributed by atoms with Crippen molar-refractivity contribution in [1.29, 1.82) is 5.26 Å². The van der Waals surface area contributed by atoms with Crippen LogP contribution in [0, 0.1) is 16.7 Å². The molecule has 0 bridgehead atoms. The molecule has 1 aliphatic rings. The Hall–Kier alpha value is -1.53. The Morgan fingerprint density at radius 2 is 2.14 bits per heavy atom. The number of nitriles is 1. The van der Waals surface area contributed by atoms with Gasteiger partial charge in [0.15, 0.2) is 0 Å². The lowest BCUT2D eigenvalue weighted by Crippen LogP contribution is -2.21. The van der Waals surface area contributed by atoms with Crippen molar-refractivity contribution in [2.45, 2.75) is 51.5 Å². The molecule has 0 N–H and O–H groups in total. The number of rotatable bonds is 3. The Morgan fingerprint density at radius 1 is 1.43 bits per heavy atom. The van der Waals surface area contributed by atoms with Gasteiger partial charge in [-0.2, -0.15) is 5.26 Å². The van der Waals surface area contributed by atoms with Crippen molar-refractivity contribution in [2.75, 3.05) is 0 Å². The fourth-order valence-electron chi connectivity index (χ4n) is 3.45. The predicted octanol–water partition coefficient (Wildman–Crippen LogP) is 4.79. The summed E-state index contributed by atoms with van der Waals surface area (Å²) in [7, 11) is 0. The molecule has 0 saturated heterocycles. The number of nitrogens with zero attached hydrogens (tertiary/aromatic N) is 3. The van der Waals surface area contributed by atoms with Gasteiger partial charge < -0.3 is 4.57 Å². The molecule has 0 radical (unpaired) electrons. The zero-order valence-corrected chi connectivity index (χ0v) is 13.3. The Bertz CT molecular complexity index is 703. The van der Waals surface area contributed by atoms with Gasteiger partial charge in [0.2, 0.25) is 0 Å². The van der Waals surface area contributed by atoms with Gasteiger partial charge in [0.25, 0.3) is 0 Å². The van der Waals surface area contributed by atoms with Crippen molar-refractivity contribution in [1.82, 2.24) is 9.55 Å². The SMILES string of the molecule is CC(Cl)c1nc2ccc(C#N)cc2n1CC1(C)CCCC1. The minimum atomic E-state index is -0.132. The maximum absolute atomic E-state index is 9.13. The molecular formula is C17H20ClN3. The second-order valence-corrected chi connectivity index (χ2v) is 7.16. The van der Waals surface area contributed by atoms with Crippen LogP contribution in [0.1, 0.15) is 56.3 Å². The summed E-state index contributed by atoms with van der Waals surface area (Å²) in [6, 6.07) is 7.89. The number of fused-ring (bicyclic) bond motifs is 1. The second kappa shape index (κ2) is 5.35. The molecule has 21 heavy (non-hydrogen) atoms. The Morgan fingerprint density at radius 3 is 2.76 bits per heavy atom. The first-order chi connectivity index (χ1) is 10.0. The van der Waals surface area contributed by atoms with Gasteiger partial charge >= 0.3 is 0 Å². The summed E-state index contributed by atoms with van der Waals surface area (Å²) in [4.78, 5) is 4.68. The first kappa shape index (κ1) is 14.4. The van der Waals surface area contributed by atoms with Gasteiger partial charge in [0.1, 0.15) is 5.82 Å². The Balaban J connectivity index is 2.12. The lowest BCUT2D eigenvalue weighted by Gasteiger charge is -2.26. The number of halogens is 1. The molecule has 1 fully saturated rings. The lowest BCUT2D eigenvalue weighted by atomic mass is 9.88. The molecule has 3 rings (SSSR count). The van der Waals surface area contributed by atoms with Crippen LogP contribution in [0.25, 0.3) is 11.0 Å². The molecule has 0 amide bonds. The highest BCUT2D eigenvalue weighted by atomic mass is 35.5. The van der Waals surface area contributed by atoms with Crippen molar-refractivity contribution in [2.24, 2.45) is 5.41 Å². The number of benzene rings is 1. The predicted molar refractivity (Wildman–Crippen MR) is 85.3 cm³/mol. The van der Waals surface area contributed by atoms with Crippen LogP contribution >= 0.6 is 11.6 Å². The molecular weight excluding hydrogens is 282 g/mol. The summed E-state index contributed by atoms with van der Waals surface area (Å²) in [6.07, 6.45) is 5.11. The highest BCUT2D eigenvalue weighted by Gasteiger charge is 2.31. The number of alkyl halides is 1. The molecule has 0 aliphatic heterocycles. The monoisotopic (exact) mass is 301 g/mol. The van der Waals surface area contributed by atoms with Crippen LogP contribution in [0.2, 0.25) is 0 Å². The maximum Gasteiger partial charge on any atom is 0.127 e. The molecule has 1 aromatic carbocycles. The van der Waals surface area contributed by atoms with Crippen molar-refractivity contribution >= 4 is 22.6 Å². The molecule has 1 saturated carbocycles. The molecule has 0 spiro atoms. The molecule has 3 nitrogen and oxygen atoms in total. The largest absolute Gasteiger partial charge is 0.326 e. The fourth-order valence-corrected chi connectivity index (χ4v) is 3.62. The van der Waals surface area contributed by atoms with Crippen LogP contribution < -0.4 is 0 Å². The van der Waals surface area contributed by atoms with E-state index in [1.165, 1.54) is 25.7 Å². The number of hydrogen-bond donors (Lipinski definition) is 0. The fraction of sp³-hybridized carbons (Fsp3) is 0.529. The van der Waals surface area contributed by atoms with E-state index < -0.39 is 0 Å². The molecule has 2 aromatic rings. The summed E-state index contributed by atoms with van der Waals surface area (Å²) < 4.78 is 2.24. The summed E-state index contributed by atoms with van der Waals surface area (Å²) in [5.74, 6) is 0.912. The lowest BCUT2D eigenvalue weighted by molar-refractivity contribution is 0.281. The average Bonchev–Trinajstić information content (AvgIpc) is 3.03. The van der Waals surface area contributed by atoms with Gasteiger partial charge in [-0.25, -0.2) is 4.98 Å². The van der Waals surface area contributed by atoms with Gasteiger partial charge in [-0.15, -0.1) is 11.6 Å². The topological polar surface area (TPSA) is 41.6 Å². The van der Waals surface area contributed by atoms with Crippen LogP contribution in [-0.2, 0) is 6.54 Å². The summed E-state index contributed by atoms with van der Waals surface area (Å²) >= 11 is 6.34. The van der Waals surface area contributed by atoms with Crippen LogP contribution in [0.4, 0.5) is 0 Å². The first-order valence-electron chi connectivity index (χ1n) is 7.57. The smallest absolute Gasteiger partial charge is 0.127 e. The molecule has 110 valence electrons. The van der Waals surface area contributed by atoms with Crippen LogP contribution in [0.3, 0.4) is 0 Å². The summed E-state index contributed by atoms with van der Waals surface area (Å²) in [5.41, 5.74) is 2.95. The molecule has 1 atom stereocenters. The van der Waals surface area contributed by atoms with E-state index in [-0.39, 0.29) is 5.38 Å². The minimum Gasteiger partial charge on any atom is -0.326 e. The standard InChI is InChI=1S/C17H20ClN3/c1-12(18)16-20-14-6-5-13(10-19)9-15(14)21(16)11-17(2)7-3-4-8-17/h5-6,9,12H,3-4,7-8,11H2,1-2H3. The van der Waals surface area contributed by atoms with E-state index in [4.69, 9.17) is 16.9 Å². The third-order valence-corrected chi connectivity index (χ3v) is 4.81. The van der Waals surface area contributed by atoms with E-state index >= 15 is 0 Å². The van der Waals surface area contributed by atoms with E-state index in [1.54, 1.807) is 0 Å². The van der Waals surface area contributed by atoms with Crippen molar-refractivity contribution in [3.8, 4) is 6.07 Å². The van der Waals surface area contributed by atoms with Gasteiger partial charge in [0, 0.05) is 6.54 Å². The molecule has 1 heterocycles. The second-order valence-electron chi connectivity index (χ2n) is 6.51. The van der Waals surface area contributed by atoms with E-state index in [0.29, 0.717) is 11.0 Å². The van der Waals surface area contributed by atoms with E-state index in [0.717, 1.165) is 23.4 Å². The van der Waals surface area contributed by atoms with Crippen LogP contribution in [0.15, 0.2) is 18.2 Å². The highest BCUT2D eigenvalue weighted by molar-refractivity contribution is 6.20. The van der Waals surface area contributed by atoms with E-state index in [9.17, 15) is 0 Å². The van der Waals surface area contributed by atoms with Crippen molar-refractivity contribution < 1.29 is 0 Å². The zero-order chi connectivity index (χ0) is 15.0. The first-order valence-corrected chi connectivity index (χ1v) is 8.00. The molecule has 1 aliphatic carbocycles. The molecule has 4 heteroatoms. The van der Waals surface area contributed by atoms with Crippen LogP contribution in [0.5, 0.6) is 0 Å².